The molecule has 9 heteroatoms. The molecule has 3 heterocycles. The third-order valence-corrected chi connectivity index (χ3v) is 5.59. The van der Waals surface area contributed by atoms with Gasteiger partial charge in [-0.25, -0.2) is 0 Å². The number of allylic oxidation sites excluding steroid dienone is 1. The number of thioether (sulfide) groups is 1. The number of halogens is 1. The maximum Gasteiger partial charge on any atom is 0.230 e. The van der Waals surface area contributed by atoms with E-state index in [-0.39, 0.29) is 11.7 Å². The van der Waals surface area contributed by atoms with E-state index in [9.17, 15) is 4.79 Å². The topological polar surface area (TPSA) is 72.7 Å². The fourth-order valence-electron chi connectivity index (χ4n) is 2.22. The first-order valence-electron chi connectivity index (χ1n) is 7.75. The molecule has 3 rings (SSSR count). The average Bonchev–Trinajstić information content (AvgIpc) is 3.25. The SMILES string of the molecule is C=CCn1c(SCC(=O)NCc2ccc(Cl)s2)nnc1-c1ccncc1. The third-order valence-electron chi connectivity index (χ3n) is 3.39. The molecule has 134 valence electrons. The summed E-state index contributed by atoms with van der Waals surface area (Å²) in [7, 11) is 0. The zero-order valence-electron chi connectivity index (χ0n) is 13.8. The summed E-state index contributed by atoms with van der Waals surface area (Å²) in [4.78, 5) is 17.1. The van der Waals surface area contributed by atoms with E-state index in [1.165, 1.54) is 23.1 Å². The summed E-state index contributed by atoms with van der Waals surface area (Å²) in [6.07, 6.45) is 5.19. The first-order chi connectivity index (χ1) is 12.7. The number of hydrogen-bond acceptors (Lipinski definition) is 6. The average molecular weight is 406 g/mol. The van der Waals surface area contributed by atoms with E-state index in [0.717, 1.165) is 16.3 Å². The van der Waals surface area contributed by atoms with Crippen molar-refractivity contribution < 1.29 is 4.79 Å². The minimum Gasteiger partial charge on any atom is -0.350 e. The largest absolute Gasteiger partial charge is 0.350 e. The Bertz CT molecular complexity index is 894. The number of thiophene rings is 1. The van der Waals surface area contributed by atoms with Crippen molar-refractivity contribution in [2.45, 2.75) is 18.2 Å². The van der Waals surface area contributed by atoms with Gasteiger partial charge in [-0.3, -0.25) is 14.3 Å². The number of carbonyl (C=O) groups is 1. The molecule has 0 saturated heterocycles. The number of carbonyl (C=O) groups excluding carboxylic acids is 1. The van der Waals surface area contributed by atoms with Crippen LogP contribution < -0.4 is 5.32 Å². The summed E-state index contributed by atoms with van der Waals surface area (Å²) in [6.45, 7) is 4.81. The molecule has 3 aromatic heterocycles. The Hall–Kier alpha value is -2.16. The summed E-state index contributed by atoms with van der Waals surface area (Å²) >= 11 is 8.69. The van der Waals surface area contributed by atoms with E-state index in [0.29, 0.717) is 22.6 Å². The van der Waals surface area contributed by atoms with Crippen molar-refractivity contribution in [3.05, 3.63) is 58.5 Å². The molecule has 0 aliphatic heterocycles. The molecule has 0 radical (unpaired) electrons. The van der Waals surface area contributed by atoms with Crippen molar-refractivity contribution in [3.63, 3.8) is 0 Å². The van der Waals surface area contributed by atoms with Crippen molar-refractivity contribution in [2.75, 3.05) is 5.75 Å². The van der Waals surface area contributed by atoms with Gasteiger partial charge in [0.15, 0.2) is 11.0 Å². The summed E-state index contributed by atoms with van der Waals surface area (Å²) in [5.74, 6) is 0.909. The fraction of sp³-hybridized carbons (Fsp3) is 0.176. The zero-order valence-corrected chi connectivity index (χ0v) is 16.2. The lowest BCUT2D eigenvalue weighted by atomic mass is 10.2. The number of amides is 1. The van der Waals surface area contributed by atoms with Gasteiger partial charge >= 0.3 is 0 Å². The van der Waals surface area contributed by atoms with Gasteiger partial charge in [0.25, 0.3) is 0 Å². The predicted octanol–water partition coefficient (Wildman–Crippen LogP) is 3.65. The van der Waals surface area contributed by atoms with Gasteiger partial charge in [-0.2, -0.15) is 0 Å². The minimum atomic E-state index is -0.0712. The highest BCUT2D eigenvalue weighted by Gasteiger charge is 2.15. The molecular weight excluding hydrogens is 390 g/mol. The smallest absolute Gasteiger partial charge is 0.230 e. The Morgan fingerprint density at radius 2 is 2.12 bits per heavy atom. The van der Waals surface area contributed by atoms with Crippen molar-refractivity contribution in [3.8, 4) is 11.4 Å². The standard InChI is InChI=1S/C17H16ClN5OS2/c1-2-9-23-16(12-5-7-19-8-6-12)21-22-17(23)25-11-15(24)20-10-13-3-4-14(18)26-13/h2-8H,1,9-11H2,(H,20,24). The first-order valence-corrected chi connectivity index (χ1v) is 9.93. The van der Waals surface area contributed by atoms with Crippen molar-refractivity contribution in [2.24, 2.45) is 0 Å². The van der Waals surface area contributed by atoms with Gasteiger partial charge in [0.1, 0.15) is 0 Å². The summed E-state index contributed by atoms with van der Waals surface area (Å²) in [5.41, 5.74) is 0.917. The number of nitrogens with zero attached hydrogens (tertiary/aromatic N) is 4. The summed E-state index contributed by atoms with van der Waals surface area (Å²) in [5, 5.41) is 12.0. The summed E-state index contributed by atoms with van der Waals surface area (Å²) in [6, 6.07) is 7.47. The van der Waals surface area contributed by atoms with Crippen LogP contribution in [-0.2, 0) is 17.9 Å². The number of aromatic nitrogens is 4. The van der Waals surface area contributed by atoms with Crippen LogP contribution in [0.5, 0.6) is 0 Å². The molecule has 0 aliphatic rings. The van der Waals surface area contributed by atoms with Crippen LogP contribution in [0.1, 0.15) is 4.88 Å². The molecule has 0 spiro atoms. The normalized spacial score (nSPS) is 10.7. The van der Waals surface area contributed by atoms with Crippen LogP contribution in [0.2, 0.25) is 4.34 Å². The van der Waals surface area contributed by atoms with E-state index in [4.69, 9.17) is 11.6 Å². The fourth-order valence-corrected chi connectivity index (χ4v) is 4.02. The molecule has 1 amide bonds. The van der Waals surface area contributed by atoms with E-state index in [1.54, 1.807) is 18.5 Å². The highest BCUT2D eigenvalue weighted by molar-refractivity contribution is 7.99. The number of pyridine rings is 1. The van der Waals surface area contributed by atoms with Gasteiger partial charge in [0.2, 0.25) is 5.91 Å². The van der Waals surface area contributed by atoms with Crippen LogP contribution in [-0.4, -0.2) is 31.4 Å². The Morgan fingerprint density at radius 3 is 2.81 bits per heavy atom. The van der Waals surface area contributed by atoms with E-state index >= 15 is 0 Å². The monoisotopic (exact) mass is 405 g/mol. The van der Waals surface area contributed by atoms with Gasteiger partial charge in [-0.05, 0) is 24.3 Å². The molecule has 0 aliphatic carbocycles. The highest BCUT2D eigenvalue weighted by Crippen LogP contribution is 2.24. The highest BCUT2D eigenvalue weighted by atomic mass is 35.5. The lowest BCUT2D eigenvalue weighted by Gasteiger charge is -2.07. The lowest BCUT2D eigenvalue weighted by Crippen LogP contribution is -2.24. The predicted molar refractivity (Wildman–Crippen MR) is 105 cm³/mol. The maximum absolute atomic E-state index is 12.1. The van der Waals surface area contributed by atoms with Crippen molar-refractivity contribution in [1.82, 2.24) is 25.1 Å². The van der Waals surface area contributed by atoms with Crippen molar-refractivity contribution in [1.29, 1.82) is 0 Å². The van der Waals surface area contributed by atoms with Crippen LogP contribution in [0.25, 0.3) is 11.4 Å². The van der Waals surface area contributed by atoms with Gasteiger partial charge in [-0.15, -0.1) is 28.1 Å². The van der Waals surface area contributed by atoms with E-state index in [1.807, 2.05) is 28.8 Å². The second kappa shape index (κ2) is 8.98. The molecule has 0 fully saturated rings. The second-order valence-electron chi connectivity index (χ2n) is 5.21. The van der Waals surface area contributed by atoms with Crippen molar-refractivity contribution >= 4 is 40.6 Å². The molecule has 1 N–H and O–H groups in total. The van der Waals surface area contributed by atoms with Crippen LogP contribution in [0, 0.1) is 0 Å². The molecule has 0 aromatic carbocycles. The zero-order chi connectivity index (χ0) is 18.4. The Labute approximate surface area is 164 Å². The number of nitrogens with one attached hydrogen (secondary N) is 1. The van der Waals surface area contributed by atoms with Crippen LogP contribution in [0.15, 0.2) is 54.5 Å². The number of rotatable bonds is 8. The van der Waals surface area contributed by atoms with Crippen LogP contribution in [0.4, 0.5) is 0 Å². The molecule has 0 saturated carbocycles. The molecule has 26 heavy (non-hydrogen) atoms. The molecule has 3 aromatic rings. The molecule has 0 unspecified atom stereocenters. The van der Waals surface area contributed by atoms with E-state index in [2.05, 4.69) is 27.1 Å². The quantitative estimate of drug-likeness (QED) is 0.457. The Balaban J connectivity index is 1.63. The van der Waals surface area contributed by atoms with Gasteiger partial charge in [-0.1, -0.05) is 29.4 Å². The minimum absolute atomic E-state index is 0.0712. The third kappa shape index (κ3) is 4.72. The van der Waals surface area contributed by atoms with Crippen LogP contribution >= 0.6 is 34.7 Å². The molecule has 0 atom stereocenters. The second-order valence-corrected chi connectivity index (χ2v) is 7.95. The van der Waals surface area contributed by atoms with Gasteiger partial charge < -0.3 is 5.32 Å². The van der Waals surface area contributed by atoms with Crippen LogP contribution in [0.3, 0.4) is 0 Å². The summed E-state index contributed by atoms with van der Waals surface area (Å²) < 4.78 is 2.64. The van der Waals surface area contributed by atoms with Gasteiger partial charge in [0.05, 0.1) is 16.6 Å². The van der Waals surface area contributed by atoms with Gasteiger partial charge in [0, 0.05) is 29.4 Å². The molecular formula is C17H16ClN5OS2. The lowest BCUT2D eigenvalue weighted by molar-refractivity contribution is -0.118. The molecule has 6 nitrogen and oxygen atoms in total. The first kappa shape index (κ1) is 18.6. The Morgan fingerprint density at radius 1 is 1.31 bits per heavy atom. The van der Waals surface area contributed by atoms with E-state index < -0.39 is 0 Å². The molecule has 0 bridgehead atoms. The number of hydrogen-bond donors (Lipinski definition) is 1. The Kier molecular flexibility index (Phi) is 6.43. The maximum atomic E-state index is 12.1.